The molecular formula is C15H21N3O3. The minimum Gasteiger partial charge on any atom is -0.494 e. The zero-order valence-electron chi connectivity index (χ0n) is 12.2. The van der Waals surface area contributed by atoms with E-state index in [1.165, 1.54) is 37.9 Å². The maximum absolute atomic E-state index is 10.8. The molecule has 2 fully saturated rings. The lowest BCUT2D eigenvalue weighted by atomic mass is 9.99. The van der Waals surface area contributed by atoms with Gasteiger partial charge < -0.3 is 10.1 Å². The van der Waals surface area contributed by atoms with Gasteiger partial charge in [-0.1, -0.05) is 6.42 Å². The van der Waals surface area contributed by atoms with E-state index in [0.717, 1.165) is 18.7 Å². The van der Waals surface area contributed by atoms with Gasteiger partial charge in [-0.25, -0.2) is 0 Å². The minimum atomic E-state index is -0.398. The van der Waals surface area contributed by atoms with Crippen LogP contribution in [0.3, 0.4) is 0 Å². The van der Waals surface area contributed by atoms with Gasteiger partial charge in [0, 0.05) is 24.7 Å². The monoisotopic (exact) mass is 291 g/mol. The number of anilines is 1. The van der Waals surface area contributed by atoms with Gasteiger partial charge in [-0.15, -0.1) is 0 Å². The molecule has 0 radical (unpaired) electrons. The number of nitrogens with zero attached hydrogens (tertiary/aromatic N) is 2. The van der Waals surface area contributed by atoms with E-state index in [1.54, 1.807) is 13.2 Å². The van der Waals surface area contributed by atoms with Crippen LogP contribution in [0.5, 0.6) is 5.75 Å². The Morgan fingerprint density at radius 2 is 2.19 bits per heavy atom. The summed E-state index contributed by atoms with van der Waals surface area (Å²) >= 11 is 0. The Hall–Kier alpha value is -1.82. The fourth-order valence-electron chi connectivity index (χ4n) is 3.53. The van der Waals surface area contributed by atoms with Crippen LogP contribution < -0.4 is 10.1 Å². The van der Waals surface area contributed by atoms with Crippen LogP contribution >= 0.6 is 0 Å². The van der Waals surface area contributed by atoms with E-state index >= 15 is 0 Å². The lowest BCUT2D eigenvalue weighted by molar-refractivity contribution is -0.384. The van der Waals surface area contributed by atoms with Crippen molar-refractivity contribution in [3.8, 4) is 5.75 Å². The third-order valence-corrected chi connectivity index (χ3v) is 4.59. The van der Waals surface area contributed by atoms with Crippen molar-refractivity contribution in [1.29, 1.82) is 0 Å². The number of piperidine rings is 1. The molecule has 2 unspecified atom stereocenters. The van der Waals surface area contributed by atoms with E-state index in [-0.39, 0.29) is 5.69 Å². The number of nitro groups is 1. The van der Waals surface area contributed by atoms with Crippen molar-refractivity contribution >= 4 is 11.4 Å². The molecule has 21 heavy (non-hydrogen) atoms. The SMILES string of the molecule is COc1cc([N+](=O)[O-])ccc1NC1CCN2CCCCC12. The first-order valence-electron chi connectivity index (χ1n) is 7.52. The Morgan fingerprint density at radius 1 is 1.33 bits per heavy atom. The van der Waals surface area contributed by atoms with Gasteiger partial charge in [0.25, 0.3) is 5.69 Å². The summed E-state index contributed by atoms with van der Waals surface area (Å²) in [6.45, 7) is 2.33. The van der Waals surface area contributed by atoms with Gasteiger partial charge in [0.15, 0.2) is 0 Å². The highest BCUT2D eigenvalue weighted by Gasteiger charge is 2.35. The highest BCUT2D eigenvalue weighted by Crippen LogP contribution is 2.34. The number of benzene rings is 1. The number of hydrogen-bond donors (Lipinski definition) is 1. The molecule has 0 amide bonds. The fraction of sp³-hybridized carbons (Fsp3) is 0.600. The maximum Gasteiger partial charge on any atom is 0.273 e. The molecule has 0 saturated carbocycles. The molecule has 2 aliphatic heterocycles. The molecule has 3 rings (SSSR count). The van der Waals surface area contributed by atoms with E-state index in [4.69, 9.17) is 4.74 Å². The van der Waals surface area contributed by atoms with E-state index in [0.29, 0.717) is 17.8 Å². The Kier molecular flexibility index (Phi) is 3.96. The van der Waals surface area contributed by atoms with Crippen molar-refractivity contribution in [1.82, 2.24) is 4.90 Å². The molecule has 1 N–H and O–H groups in total. The Morgan fingerprint density at radius 3 is 2.95 bits per heavy atom. The van der Waals surface area contributed by atoms with Gasteiger partial charge in [-0.2, -0.15) is 0 Å². The van der Waals surface area contributed by atoms with E-state index in [2.05, 4.69) is 10.2 Å². The lowest BCUT2D eigenvalue weighted by Crippen LogP contribution is -2.41. The first-order valence-corrected chi connectivity index (χ1v) is 7.52. The fourth-order valence-corrected chi connectivity index (χ4v) is 3.53. The van der Waals surface area contributed by atoms with Crippen molar-refractivity contribution in [3.63, 3.8) is 0 Å². The number of fused-ring (bicyclic) bond motifs is 1. The zero-order valence-corrected chi connectivity index (χ0v) is 12.2. The second kappa shape index (κ2) is 5.89. The molecule has 0 spiro atoms. The molecule has 0 aromatic heterocycles. The molecule has 6 heteroatoms. The van der Waals surface area contributed by atoms with Gasteiger partial charge in [-0.3, -0.25) is 15.0 Å². The Balaban J connectivity index is 1.76. The number of nitro benzene ring substituents is 1. The van der Waals surface area contributed by atoms with Crippen molar-refractivity contribution in [2.45, 2.75) is 37.8 Å². The highest BCUT2D eigenvalue weighted by atomic mass is 16.6. The number of non-ortho nitro benzene ring substituents is 1. The summed E-state index contributed by atoms with van der Waals surface area (Å²) in [7, 11) is 1.55. The quantitative estimate of drug-likeness (QED) is 0.682. The number of ether oxygens (including phenoxy) is 1. The molecule has 2 saturated heterocycles. The molecule has 2 atom stereocenters. The molecule has 1 aromatic carbocycles. The van der Waals surface area contributed by atoms with Gasteiger partial charge >= 0.3 is 0 Å². The average molecular weight is 291 g/mol. The molecule has 1 aromatic rings. The number of hydrogen-bond acceptors (Lipinski definition) is 5. The van der Waals surface area contributed by atoms with Crippen molar-refractivity contribution in [2.75, 3.05) is 25.5 Å². The van der Waals surface area contributed by atoms with Crippen LogP contribution in [0.1, 0.15) is 25.7 Å². The van der Waals surface area contributed by atoms with Crippen molar-refractivity contribution in [2.24, 2.45) is 0 Å². The summed E-state index contributed by atoms with van der Waals surface area (Å²) in [5, 5.41) is 14.4. The summed E-state index contributed by atoms with van der Waals surface area (Å²) in [4.78, 5) is 13.0. The van der Waals surface area contributed by atoms with Crippen molar-refractivity contribution < 1.29 is 9.66 Å². The molecule has 0 aliphatic carbocycles. The molecule has 114 valence electrons. The van der Waals surface area contributed by atoms with Crippen LogP contribution in [0.2, 0.25) is 0 Å². The predicted octanol–water partition coefficient (Wildman–Crippen LogP) is 2.64. The number of methoxy groups -OCH3 is 1. The largest absolute Gasteiger partial charge is 0.494 e. The summed E-state index contributed by atoms with van der Waals surface area (Å²) < 4.78 is 5.30. The van der Waals surface area contributed by atoms with E-state index in [9.17, 15) is 10.1 Å². The predicted molar refractivity (Wildman–Crippen MR) is 80.9 cm³/mol. The van der Waals surface area contributed by atoms with E-state index in [1.807, 2.05) is 0 Å². The second-order valence-corrected chi connectivity index (χ2v) is 5.78. The van der Waals surface area contributed by atoms with Gasteiger partial charge in [0.05, 0.1) is 23.8 Å². The van der Waals surface area contributed by atoms with Crippen molar-refractivity contribution in [3.05, 3.63) is 28.3 Å². The lowest BCUT2D eigenvalue weighted by Gasteiger charge is -2.33. The topological polar surface area (TPSA) is 67.6 Å². The zero-order chi connectivity index (χ0) is 14.8. The summed E-state index contributed by atoms with van der Waals surface area (Å²) in [6, 6.07) is 5.75. The van der Waals surface area contributed by atoms with Crippen LogP contribution in [0, 0.1) is 10.1 Å². The summed E-state index contributed by atoms with van der Waals surface area (Å²) in [5.74, 6) is 0.540. The molecular weight excluding hydrogens is 270 g/mol. The first-order chi connectivity index (χ1) is 10.2. The molecule has 2 heterocycles. The summed E-state index contributed by atoms with van der Waals surface area (Å²) in [6.07, 6.45) is 4.93. The molecule has 2 aliphatic rings. The molecule has 6 nitrogen and oxygen atoms in total. The minimum absolute atomic E-state index is 0.0584. The summed E-state index contributed by atoms with van der Waals surface area (Å²) in [5.41, 5.74) is 0.906. The third-order valence-electron chi connectivity index (χ3n) is 4.59. The van der Waals surface area contributed by atoms with Crippen LogP contribution in [-0.4, -0.2) is 42.1 Å². The van der Waals surface area contributed by atoms with E-state index < -0.39 is 4.92 Å². The van der Waals surface area contributed by atoms with Crippen LogP contribution in [0.15, 0.2) is 18.2 Å². The third kappa shape index (κ3) is 2.81. The smallest absolute Gasteiger partial charge is 0.273 e. The maximum atomic E-state index is 10.8. The Labute approximate surface area is 124 Å². The average Bonchev–Trinajstić information content (AvgIpc) is 2.91. The first kappa shape index (κ1) is 14.1. The van der Waals surface area contributed by atoms with Crippen LogP contribution in [-0.2, 0) is 0 Å². The van der Waals surface area contributed by atoms with Gasteiger partial charge in [0.2, 0.25) is 0 Å². The molecule has 0 bridgehead atoms. The second-order valence-electron chi connectivity index (χ2n) is 5.78. The van der Waals surface area contributed by atoms with Crippen LogP contribution in [0.25, 0.3) is 0 Å². The normalized spacial score (nSPS) is 25.4. The van der Waals surface area contributed by atoms with Gasteiger partial charge in [-0.05, 0) is 31.9 Å². The Bertz CT molecular complexity index is 535. The van der Waals surface area contributed by atoms with Gasteiger partial charge in [0.1, 0.15) is 5.75 Å². The number of rotatable bonds is 4. The van der Waals surface area contributed by atoms with Crippen LogP contribution in [0.4, 0.5) is 11.4 Å². The standard InChI is InChI=1S/C15H21N3O3/c1-21-15-10-11(18(19)20)5-6-13(15)16-12-7-9-17-8-3-2-4-14(12)17/h5-6,10,12,14,16H,2-4,7-9H2,1H3. The highest BCUT2D eigenvalue weighted by molar-refractivity contribution is 5.61. The number of nitrogens with one attached hydrogen (secondary N) is 1.